The van der Waals surface area contributed by atoms with Gasteiger partial charge in [0, 0.05) is 7.11 Å². The lowest BCUT2D eigenvalue weighted by molar-refractivity contribution is 0.127. The Bertz CT molecular complexity index is 211. The van der Waals surface area contributed by atoms with Crippen LogP contribution in [0.3, 0.4) is 0 Å². The van der Waals surface area contributed by atoms with E-state index in [0.717, 1.165) is 0 Å². The van der Waals surface area contributed by atoms with E-state index < -0.39 is 9.84 Å². The maximum atomic E-state index is 10.8. The molecule has 0 unspecified atom stereocenters. The van der Waals surface area contributed by atoms with Crippen LogP contribution in [0.2, 0.25) is 0 Å². The summed E-state index contributed by atoms with van der Waals surface area (Å²) in [6.45, 7) is 0. The lowest BCUT2D eigenvalue weighted by Crippen LogP contribution is -2.20. The molecule has 10 heavy (non-hydrogen) atoms. The Balaban J connectivity index is 2.71. The predicted molar refractivity (Wildman–Crippen MR) is 39.1 cm³/mol. The summed E-state index contributed by atoms with van der Waals surface area (Å²) in [5.74, 6) is 0.116. The highest BCUT2D eigenvalue weighted by Crippen LogP contribution is 2.19. The third-order valence-corrected chi connectivity index (χ3v) is 3.86. The van der Waals surface area contributed by atoms with Crippen LogP contribution >= 0.6 is 11.6 Å². The van der Waals surface area contributed by atoms with Crippen molar-refractivity contribution in [1.82, 2.24) is 0 Å². The van der Waals surface area contributed by atoms with Gasteiger partial charge in [0.1, 0.15) is 0 Å². The van der Waals surface area contributed by atoms with Crippen LogP contribution in [0.4, 0.5) is 0 Å². The molecule has 3 nitrogen and oxygen atoms in total. The van der Waals surface area contributed by atoms with Crippen LogP contribution in [-0.4, -0.2) is 38.5 Å². The Kier molecular flexibility index (Phi) is 2.22. The van der Waals surface area contributed by atoms with Gasteiger partial charge >= 0.3 is 0 Å². The normalized spacial score (nSPS) is 38.2. The van der Waals surface area contributed by atoms with E-state index in [0.29, 0.717) is 0 Å². The molecule has 1 aliphatic rings. The van der Waals surface area contributed by atoms with Crippen molar-refractivity contribution in [1.29, 1.82) is 0 Å². The molecule has 60 valence electrons. The fourth-order valence-electron chi connectivity index (χ4n) is 0.988. The highest BCUT2D eigenvalue weighted by atomic mass is 35.5. The highest BCUT2D eigenvalue weighted by Gasteiger charge is 2.36. The molecule has 0 aromatic rings. The van der Waals surface area contributed by atoms with Gasteiger partial charge in [0.25, 0.3) is 0 Å². The van der Waals surface area contributed by atoms with E-state index in [2.05, 4.69) is 0 Å². The summed E-state index contributed by atoms with van der Waals surface area (Å²) >= 11 is 5.66. The van der Waals surface area contributed by atoms with E-state index in [-0.39, 0.29) is 23.0 Å². The SMILES string of the molecule is CO[C@@H]1CS(=O)(=O)C[C@@H]1Cl. The molecular weight excluding hydrogens is 176 g/mol. The summed E-state index contributed by atoms with van der Waals surface area (Å²) in [5, 5.41) is -0.366. The standard InChI is InChI=1S/C5H9ClO3S/c1-9-5-3-10(7,8)2-4(5)6/h4-5H,2-3H2,1H3/t4-,5+/m0/s1. The van der Waals surface area contributed by atoms with Gasteiger partial charge in [-0.1, -0.05) is 0 Å². The zero-order valence-corrected chi connectivity index (χ0v) is 7.15. The first kappa shape index (κ1) is 8.30. The summed E-state index contributed by atoms with van der Waals surface area (Å²) in [6.07, 6.45) is -0.313. The van der Waals surface area contributed by atoms with Crippen LogP contribution in [0, 0.1) is 0 Å². The topological polar surface area (TPSA) is 43.4 Å². The van der Waals surface area contributed by atoms with Crippen LogP contribution in [0.5, 0.6) is 0 Å². The minimum absolute atomic E-state index is 0.0487. The lowest BCUT2D eigenvalue weighted by Gasteiger charge is -2.07. The number of halogens is 1. The molecule has 5 heteroatoms. The highest BCUT2D eigenvalue weighted by molar-refractivity contribution is 7.91. The largest absolute Gasteiger partial charge is 0.379 e. The van der Waals surface area contributed by atoms with E-state index in [1.165, 1.54) is 7.11 Å². The maximum absolute atomic E-state index is 10.8. The third kappa shape index (κ3) is 1.62. The van der Waals surface area contributed by atoms with E-state index in [9.17, 15) is 8.42 Å². The Morgan fingerprint density at radius 1 is 1.50 bits per heavy atom. The van der Waals surface area contributed by atoms with Gasteiger partial charge < -0.3 is 4.74 Å². The molecular formula is C5H9ClO3S. The van der Waals surface area contributed by atoms with Crippen LogP contribution in [0.1, 0.15) is 0 Å². The Morgan fingerprint density at radius 3 is 2.30 bits per heavy atom. The van der Waals surface area contributed by atoms with Gasteiger partial charge in [-0.15, -0.1) is 11.6 Å². The second-order valence-electron chi connectivity index (χ2n) is 2.37. The quantitative estimate of drug-likeness (QED) is 0.541. The zero-order valence-electron chi connectivity index (χ0n) is 5.58. The fourth-order valence-corrected chi connectivity index (χ4v) is 3.57. The van der Waals surface area contributed by atoms with Crippen molar-refractivity contribution in [2.75, 3.05) is 18.6 Å². The van der Waals surface area contributed by atoms with Crippen LogP contribution in [-0.2, 0) is 14.6 Å². The van der Waals surface area contributed by atoms with Gasteiger partial charge in [-0.05, 0) is 0 Å². The molecule has 0 aliphatic carbocycles. The van der Waals surface area contributed by atoms with Crippen molar-refractivity contribution < 1.29 is 13.2 Å². The number of alkyl halides is 1. The second kappa shape index (κ2) is 2.68. The zero-order chi connectivity index (χ0) is 7.78. The maximum Gasteiger partial charge on any atom is 0.154 e. The van der Waals surface area contributed by atoms with E-state index in [1.54, 1.807) is 0 Å². The van der Waals surface area contributed by atoms with Crippen molar-refractivity contribution >= 4 is 21.4 Å². The molecule has 1 rings (SSSR count). The number of hydrogen-bond acceptors (Lipinski definition) is 3. The molecule has 2 atom stereocenters. The monoisotopic (exact) mass is 184 g/mol. The minimum atomic E-state index is -2.91. The number of sulfone groups is 1. The molecule has 0 amide bonds. The summed E-state index contributed by atoms with van der Waals surface area (Å²) in [4.78, 5) is 0. The molecule has 0 spiro atoms. The Hall–Kier alpha value is 0.200. The van der Waals surface area contributed by atoms with Crippen LogP contribution < -0.4 is 0 Å². The molecule has 0 saturated carbocycles. The van der Waals surface area contributed by atoms with Crippen LogP contribution in [0.15, 0.2) is 0 Å². The van der Waals surface area contributed by atoms with Gasteiger partial charge in [0.05, 0.1) is 23.0 Å². The summed E-state index contributed by atoms with van der Waals surface area (Å²) in [5.41, 5.74) is 0. The van der Waals surface area contributed by atoms with E-state index in [4.69, 9.17) is 16.3 Å². The van der Waals surface area contributed by atoms with E-state index in [1.807, 2.05) is 0 Å². The number of rotatable bonds is 1. The molecule has 0 aromatic heterocycles. The first-order valence-corrected chi connectivity index (χ1v) is 5.18. The van der Waals surface area contributed by atoms with Gasteiger partial charge in [-0.25, -0.2) is 8.42 Å². The van der Waals surface area contributed by atoms with Gasteiger partial charge in [-0.3, -0.25) is 0 Å². The molecule has 1 saturated heterocycles. The van der Waals surface area contributed by atoms with Gasteiger partial charge in [-0.2, -0.15) is 0 Å². The first-order valence-electron chi connectivity index (χ1n) is 2.92. The van der Waals surface area contributed by atoms with Gasteiger partial charge in [0.15, 0.2) is 9.84 Å². The van der Waals surface area contributed by atoms with Crippen molar-refractivity contribution in [3.8, 4) is 0 Å². The average molecular weight is 185 g/mol. The molecule has 0 N–H and O–H groups in total. The summed E-state index contributed by atoms with van der Waals surface area (Å²) in [6, 6.07) is 0. The predicted octanol–water partition coefficient (Wildman–Crippen LogP) is 0.0372. The van der Waals surface area contributed by atoms with Crippen molar-refractivity contribution in [2.45, 2.75) is 11.5 Å². The molecule has 0 aromatic carbocycles. The smallest absolute Gasteiger partial charge is 0.154 e. The van der Waals surface area contributed by atoms with E-state index >= 15 is 0 Å². The summed E-state index contributed by atoms with van der Waals surface area (Å²) < 4.78 is 26.5. The number of ether oxygens (including phenoxy) is 1. The first-order chi connectivity index (χ1) is 4.55. The molecule has 1 aliphatic heterocycles. The van der Waals surface area contributed by atoms with Crippen molar-refractivity contribution in [2.24, 2.45) is 0 Å². The average Bonchev–Trinajstić information content (AvgIpc) is 2.05. The number of hydrogen-bond donors (Lipinski definition) is 0. The molecule has 0 bridgehead atoms. The van der Waals surface area contributed by atoms with Gasteiger partial charge in [0.2, 0.25) is 0 Å². The molecule has 0 radical (unpaired) electrons. The third-order valence-electron chi connectivity index (χ3n) is 1.54. The second-order valence-corrected chi connectivity index (χ2v) is 5.08. The lowest BCUT2D eigenvalue weighted by atomic mass is 10.3. The Morgan fingerprint density at radius 2 is 2.10 bits per heavy atom. The van der Waals surface area contributed by atoms with Crippen LogP contribution in [0.25, 0.3) is 0 Å². The number of methoxy groups -OCH3 is 1. The Labute approximate surface area is 65.2 Å². The molecule has 1 fully saturated rings. The molecule has 1 heterocycles. The fraction of sp³-hybridized carbons (Fsp3) is 1.00. The van der Waals surface area contributed by atoms with Crippen molar-refractivity contribution in [3.05, 3.63) is 0 Å². The van der Waals surface area contributed by atoms with Crippen molar-refractivity contribution in [3.63, 3.8) is 0 Å². The minimum Gasteiger partial charge on any atom is -0.379 e. The summed E-state index contributed by atoms with van der Waals surface area (Å²) in [7, 11) is -1.44.